The van der Waals surface area contributed by atoms with Crippen molar-refractivity contribution in [2.75, 3.05) is 19.8 Å². The Bertz CT molecular complexity index is 774. The molecule has 2 aromatic rings. The summed E-state index contributed by atoms with van der Waals surface area (Å²) >= 11 is 0. The Kier molecular flexibility index (Phi) is 11.7. The topological polar surface area (TPSA) is 76.0 Å². The van der Waals surface area contributed by atoms with E-state index in [4.69, 9.17) is 9.47 Å². The van der Waals surface area contributed by atoms with E-state index >= 15 is 0 Å². The third-order valence-corrected chi connectivity index (χ3v) is 5.24. The van der Waals surface area contributed by atoms with Gasteiger partial charge in [0.15, 0.2) is 6.29 Å². The Hall–Kier alpha value is -2.37. The number of aldehydes is 1. The number of aliphatic hydroxyl groups excluding tert-OH is 1. The molecule has 0 spiro atoms. The fourth-order valence-electron chi connectivity index (χ4n) is 3.47. The van der Waals surface area contributed by atoms with Gasteiger partial charge in [-0.05, 0) is 24.1 Å². The quantitative estimate of drug-likeness (QED) is 0.262. The molecule has 1 atom stereocenters. The lowest BCUT2D eigenvalue weighted by Gasteiger charge is -2.14. The maximum absolute atomic E-state index is 11.2. The van der Waals surface area contributed by atoms with E-state index in [1.54, 1.807) is 30.3 Å². The minimum atomic E-state index is -0.730. The minimum absolute atomic E-state index is 0.0206. The number of ether oxygens (including phenoxy) is 2. The molecular weight excluding hydrogens is 392 g/mol. The average Bonchev–Trinajstić information content (AvgIpc) is 2.79. The van der Waals surface area contributed by atoms with Gasteiger partial charge in [0.1, 0.15) is 24.2 Å². The van der Waals surface area contributed by atoms with Gasteiger partial charge in [0.25, 0.3) is 0 Å². The zero-order valence-corrected chi connectivity index (χ0v) is 18.6. The predicted octanol–water partition coefficient (Wildman–Crippen LogP) is 5.77. The molecule has 2 aromatic carbocycles. The van der Waals surface area contributed by atoms with Crippen LogP contribution in [-0.2, 0) is 4.74 Å². The molecule has 0 saturated heterocycles. The van der Waals surface area contributed by atoms with Crippen LogP contribution >= 0.6 is 0 Å². The highest BCUT2D eigenvalue weighted by Gasteiger charge is 2.11. The van der Waals surface area contributed by atoms with Crippen molar-refractivity contribution in [3.05, 3.63) is 48.0 Å². The van der Waals surface area contributed by atoms with Crippen LogP contribution in [0.25, 0.3) is 11.1 Å². The lowest BCUT2D eigenvalue weighted by molar-refractivity contribution is 0.0109. The summed E-state index contributed by atoms with van der Waals surface area (Å²) in [6.07, 6.45) is 10.0. The van der Waals surface area contributed by atoms with Crippen LogP contribution < -0.4 is 4.74 Å². The molecule has 0 radical (unpaired) electrons. The number of hydrogen-bond acceptors (Lipinski definition) is 5. The highest BCUT2D eigenvalue weighted by atomic mass is 16.5. The fourth-order valence-corrected chi connectivity index (χ4v) is 3.47. The van der Waals surface area contributed by atoms with Gasteiger partial charge < -0.3 is 19.7 Å². The number of rotatable bonds is 16. The molecule has 2 rings (SSSR count). The summed E-state index contributed by atoms with van der Waals surface area (Å²) in [5.74, 6) is 0.471. The van der Waals surface area contributed by atoms with Crippen molar-refractivity contribution >= 4 is 6.29 Å². The van der Waals surface area contributed by atoms with E-state index in [1.165, 1.54) is 44.6 Å². The summed E-state index contributed by atoms with van der Waals surface area (Å²) in [6, 6.07) is 12.0. The maximum Gasteiger partial charge on any atom is 0.150 e. The SMILES string of the molecule is CCCCCCCCCCOCC(O)COc1ccc(-c2ccccc2C=O)c(O)c1. The van der Waals surface area contributed by atoms with Crippen LogP contribution in [0.3, 0.4) is 0 Å². The first-order valence-electron chi connectivity index (χ1n) is 11.4. The van der Waals surface area contributed by atoms with Crippen LogP contribution in [0.15, 0.2) is 42.5 Å². The summed E-state index contributed by atoms with van der Waals surface area (Å²) in [5.41, 5.74) is 1.73. The largest absolute Gasteiger partial charge is 0.507 e. The smallest absolute Gasteiger partial charge is 0.150 e. The molecule has 0 heterocycles. The standard InChI is InChI=1S/C26H36O5/c1-2-3-4-5-6-7-8-11-16-30-19-22(28)20-31-23-14-15-25(26(29)17-23)24-13-10-9-12-21(24)18-27/h9-10,12-15,17-18,22,28-29H,2-8,11,16,19-20H2,1H3. The van der Waals surface area contributed by atoms with E-state index in [0.717, 1.165) is 19.1 Å². The molecule has 0 bridgehead atoms. The van der Waals surface area contributed by atoms with Crippen molar-refractivity contribution in [1.82, 2.24) is 0 Å². The average molecular weight is 429 g/mol. The molecule has 5 nitrogen and oxygen atoms in total. The number of aromatic hydroxyl groups is 1. The maximum atomic E-state index is 11.2. The van der Waals surface area contributed by atoms with E-state index < -0.39 is 6.10 Å². The summed E-state index contributed by atoms with van der Waals surface area (Å²) in [6.45, 7) is 3.19. The van der Waals surface area contributed by atoms with E-state index in [0.29, 0.717) is 29.0 Å². The highest BCUT2D eigenvalue weighted by Crippen LogP contribution is 2.34. The van der Waals surface area contributed by atoms with Crippen LogP contribution in [0.1, 0.15) is 68.6 Å². The summed E-state index contributed by atoms with van der Waals surface area (Å²) in [5, 5.41) is 20.4. The first-order valence-corrected chi connectivity index (χ1v) is 11.4. The number of carbonyl (C=O) groups is 1. The van der Waals surface area contributed by atoms with Gasteiger partial charge >= 0.3 is 0 Å². The second-order valence-corrected chi connectivity index (χ2v) is 7.90. The molecule has 0 saturated carbocycles. The molecule has 170 valence electrons. The lowest BCUT2D eigenvalue weighted by atomic mass is 9.99. The number of hydrogen-bond donors (Lipinski definition) is 2. The van der Waals surface area contributed by atoms with Gasteiger partial charge in [-0.1, -0.05) is 76.1 Å². The second kappa shape index (κ2) is 14.6. The molecule has 0 amide bonds. The van der Waals surface area contributed by atoms with E-state index in [1.807, 2.05) is 6.07 Å². The van der Waals surface area contributed by atoms with Crippen molar-refractivity contribution < 1.29 is 24.5 Å². The van der Waals surface area contributed by atoms with Gasteiger partial charge in [-0.3, -0.25) is 4.79 Å². The summed E-state index contributed by atoms with van der Waals surface area (Å²) in [7, 11) is 0. The molecule has 1 unspecified atom stereocenters. The van der Waals surface area contributed by atoms with Gasteiger partial charge in [0.2, 0.25) is 0 Å². The van der Waals surface area contributed by atoms with E-state index in [2.05, 4.69) is 6.92 Å². The molecule has 0 fully saturated rings. The minimum Gasteiger partial charge on any atom is -0.507 e. The Morgan fingerprint density at radius 1 is 0.903 bits per heavy atom. The monoisotopic (exact) mass is 428 g/mol. The van der Waals surface area contributed by atoms with Gasteiger partial charge in [-0.15, -0.1) is 0 Å². The van der Waals surface area contributed by atoms with Crippen molar-refractivity contribution in [2.24, 2.45) is 0 Å². The van der Waals surface area contributed by atoms with Crippen LogP contribution in [0.5, 0.6) is 11.5 Å². The Balaban J connectivity index is 1.65. The van der Waals surface area contributed by atoms with Crippen LogP contribution in [0.2, 0.25) is 0 Å². The molecule has 0 aromatic heterocycles. The molecule has 5 heteroatoms. The summed E-state index contributed by atoms with van der Waals surface area (Å²) in [4.78, 5) is 11.2. The Labute approximate surface area is 186 Å². The highest BCUT2D eigenvalue weighted by molar-refractivity contribution is 5.89. The zero-order valence-electron chi connectivity index (χ0n) is 18.6. The first-order chi connectivity index (χ1) is 15.2. The Morgan fingerprint density at radius 2 is 1.61 bits per heavy atom. The normalized spacial score (nSPS) is 11.9. The number of carbonyl (C=O) groups excluding carboxylic acids is 1. The van der Waals surface area contributed by atoms with E-state index in [9.17, 15) is 15.0 Å². The molecule has 2 N–H and O–H groups in total. The van der Waals surface area contributed by atoms with E-state index in [-0.39, 0.29) is 19.0 Å². The van der Waals surface area contributed by atoms with Crippen molar-refractivity contribution in [1.29, 1.82) is 0 Å². The lowest BCUT2D eigenvalue weighted by Crippen LogP contribution is -2.23. The molecule has 31 heavy (non-hydrogen) atoms. The van der Waals surface area contributed by atoms with Crippen molar-refractivity contribution in [2.45, 2.75) is 64.4 Å². The van der Waals surface area contributed by atoms with Crippen LogP contribution in [0.4, 0.5) is 0 Å². The summed E-state index contributed by atoms with van der Waals surface area (Å²) < 4.78 is 11.1. The van der Waals surface area contributed by atoms with Crippen LogP contribution in [-0.4, -0.2) is 42.4 Å². The number of benzene rings is 2. The fraction of sp³-hybridized carbons (Fsp3) is 0.500. The molecule has 0 aliphatic carbocycles. The van der Waals surface area contributed by atoms with Gasteiger partial charge in [0, 0.05) is 23.8 Å². The first kappa shape index (κ1) is 24.9. The third-order valence-electron chi connectivity index (χ3n) is 5.24. The van der Waals surface area contributed by atoms with Gasteiger partial charge in [0.05, 0.1) is 6.61 Å². The molecular formula is C26H36O5. The predicted molar refractivity (Wildman–Crippen MR) is 124 cm³/mol. The van der Waals surface area contributed by atoms with Crippen molar-refractivity contribution in [3.8, 4) is 22.6 Å². The molecule has 0 aliphatic heterocycles. The number of phenols is 1. The number of aliphatic hydroxyl groups is 1. The number of phenolic OH excluding ortho intramolecular Hbond substituents is 1. The van der Waals surface area contributed by atoms with Crippen molar-refractivity contribution in [3.63, 3.8) is 0 Å². The molecule has 0 aliphatic rings. The second-order valence-electron chi connectivity index (χ2n) is 7.90. The third kappa shape index (κ3) is 9.11. The number of unbranched alkanes of at least 4 members (excludes halogenated alkanes) is 7. The van der Waals surface area contributed by atoms with Crippen LogP contribution in [0, 0.1) is 0 Å². The van der Waals surface area contributed by atoms with Gasteiger partial charge in [-0.2, -0.15) is 0 Å². The zero-order chi connectivity index (χ0) is 22.3. The Morgan fingerprint density at radius 3 is 2.32 bits per heavy atom. The van der Waals surface area contributed by atoms with Gasteiger partial charge in [-0.25, -0.2) is 0 Å².